The molecule has 0 unspecified atom stereocenters. The SMILES string of the molecule is COc1ccc(Cn2ccc(CNC3CC3)n2)cc1Br. The van der Waals surface area contributed by atoms with Gasteiger partial charge >= 0.3 is 0 Å². The highest BCUT2D eigenvalue weighted by atomic mass is 79.9. The molecule has 0 radical (unpaired) electrons. The van der Waals surface area contributed by atoms with Crippen LogP contribution in [0.25, 0.3) is 0 Å². The van der Waals surface area contributed by atoms with E-state index >= 15 is 0 Å². The molecule has 4 nitrogen and oxygen atoms in total. The lowest BCUT2D eigenvalue weighted by molar-refractivity contribution is 0.412. The van der Waals surface area contributed by atoms with Crippen molar-refractivity contribution in [3.05, 3.63) is 46.2 Å². The number of methoxy groups -OCH3 is 1. The number of ether oxygens (including phenoxy) is 1. The van der Waals surface area contributed by atoms with E-state index in [1.54, 1.807) is 7.11 Å². The lowest BCUT2D eigenvalue weighted by Gasteiger charge is -2.06. The van der Waals surface area contributed by atoms with Crippen LogP contribution in [0.5, 0.6) is 5.75 Å². The second kappa shape index (κ2) is 5.97. The number of benzene rings is 1. The van der Waals surface area contributed by atoms with Gasteiger partial charge in [-0.2, -0.15) is 5.10 Å². The summed E-state index contributed by atoms with van der Waals surface area (Å²) < 4.78 is 8.18. The molecule has 1 heterocycles. The molecule has 1 saturated carbocycles. The molecule has 0 saturated heterocycles. The molecular formula is C15H18BrN3O. The second-order valence-electron chi connectivity index (χ2n) is 5.13. The molecule has 1 N–H and O–H groups in total. The molecule has 0 spiro atoms. The van der Waals surface area contributed by atoms with E-state index in [0.29, 0.717) is 0 Å². The summed E-state index contributed by atoms with van der Waals surface area (Å²) in [5, 5.41) is 8.06. The van der Waals surface area contributed by atoms with Crippen LogP contribution >= 0.6 is 15.9 Å². The molecule has 20 heavy (non-hydrogen) atoms. The van der Waals surface area contributed by atoms with Crippen molar-refractivity contribution in [3.63, 3.8) is 0 Å². The van der Waals surface area contributed by atoms with Gasteiger partial charge in [-0.25, -0.2) is 0 Å². The van der Waals surface area contributed by atoms with Crippen LogP contribution in [-0.4, -0.2) is 22.9 Å². The maximum absolute atomic E-state index is 5.24. The van der Waals surface area contributed by atoms with E-state index in [9.17, 15) is 0 Å². The lowest BCUT2D eigenvalue weighted by atomic mass is 10.2. The molecule has 1 aliphatic rings. The molecule has 1 aromatic heterocycles. The van der Waals surface area contributed by atoms with Gasteiger partial charge in [0.05, 0.1) is 23.8 Å². The second-order valence-corrected chi connectivity index (χ2v) is 5.98. The van der Waals surface area contributed by atoms with Gasteiger partial charge in [-0.3, -0.25) is 4.68 Å². The van der Waals surface area contributed by atoms with Crippen LogP contribution in [0.2, 0.25) is 0 Å². The molecule has 5 heteroatoms. The fourth-order valence-electron chi connectivity index (χ4n) is 2.12. The predicted molar refractivity (Wildman–Crippen MR) is 81.9 cm³/mol. The first-order valence-corrected chi connectivity index (χ1v) is 7.62. The number of rotatable bonds is 6. The van der Waals surface area contributed by atoms with Gasteiger partial charge in [0.15, 0.2) is 0 Å². The number of nitrogens with zero attached hydrogens (tertiary/aromatic N) is 2. The van der Waals surface area contributed by atoms with Crippen molar-refractivity contribution in [2.24, 2.45) is 0 Å². The normalized spacial score (nSPS) is 14.5. The van der Waals surface area contributed by atoms with Gasteiger partial charge in [0.2, 0.25) is 0 Å². The van der Waals surface area contributed by atoms with Gasteiger partial charge in [-0.05, 0) is 52.5 Å². The smallest absolute Gasteiger partial charge is 0.133 e. The van der Waals surface area contributed by atoms with Crippen LogP contribution in [0.1, 0.15) is 24.1 Å². The quantitative estimate of drug-likeness (QED) is 0.882. The molecule has 1 aromatic carbocycles. The van der Waals surface area contributed by atoms with Crippen LogP contribution in [0.3, 0.4) is 0 Å². The minimum Gasteiger partial charge on any atom is -0.496 e. The summed E-state index contributed by atoms with van der Waals surface area (Å²) in [7, 11) is 1.67. The minimum atomic E-state index is 0.720. The zero-order valence-electron chi connectivity index (χ0n) is 11.5. The van der Waals surface area contributed by atoms with E-state index in [1.165, 1.54) is 18.4 Å². The zero-order valence-corrected chi connectivity index (χ0v) is 13.1. The number of nitrogens with one attached hydrogen (secondary N) is 1. The summed E-state index contributed by atoms with van der Waals surface area (Å²) >= 11 is 3.51. The Morgan fingerprint density at radius 2 is 2.25 bits per heavy atom. The van der Waals surface area contributed by atoms with Crippen molar-refractivity contribution in [3.8, 4) is 5.75 Å². The van der Waals surface area contributed by atoms with Crippen LogP contribution in [0.4, 0.5) is 0 Å². The maximum atomic E-state index is 5.24. The van der Waals surface area contributed by atoms with E-state index in [2.05, 4.69) is 44.5 Å². The molecule has 0 bridgehead atoms. The van der Waals surface area contributed by atoms with E-state index in [1.807, 2.05) is 16.9 Å². The van der Waals surface area contributed by atoms with E-state index in [4.69, 9.17) is 4.74 Å². The molecule has 106 valence electrons. The fraction of sp³-hybridized carbons (Fsp3) is 0.400. The number of aromatic nitrogens is 2. The molecule has 1 aliphatic carbocycles. The van der Waals surface area contributed by atoms with E-state index in [-0.39, 0.29) is 0 Å². The molecule has 2 aromatic rings. The van der Waals surface area contributed by atoms with Crippen molar-refractivity contribution in [2.45, 2.75) is 32.0 Å². The molecule has 3 rings (SSSR count). The highest BCUT2D eigenvalue weighted by Crippen LogP contribution is 2.25. The number of halogens is 1. The molecular weight excluding hydrogens is 318 g/mol. The Balaban J connectivity index is 1.63. The Morgan fingerprint density at radius 3 is 2.95 bits per heavy atom. The highest BCUT2D eigenvalue weighted by Gasteiger charge is 2.20. The average Bonchev–Trinajstić information content (AvgIpc) is 3.17. The maximum Gasteiger partial charge on any atom is 0.133 e. The van der Waals surface area contributed by atoms with Gasteiger partial charge in [-0.1, -0.05) is 6.07 Å². The summed E-state index contributed by atoms with van der Waals surface area (Å²) in [6.07, 6.45) is 4.64. The number of hydrogen-bond acceptors (Lipinski definition) is 3. The Kier molecular flexibility index (Phi) is 4.08. The van der Waals surface area contributed by atoms with Crippen molar-refractivity contribution >= 4 is 15.9 Å². The first kappa shape index (κ1) is 13.6. The molecule has 0 aliphatic heterocycles. The predicted octanol–water partition coefficient (Wildman–Crippen LogP) is 2.95. The first-order chi connectivity index (χ1) is 9.74. The monoisotopic (exact) mass is 335 g/mol. The fourth-order valence-corrected chi connectivity index (χ4v) is 2.71. The molecule has 1 fully saturated rings. The third-order valence-corrected chi connectivity index (χ3v) is 4.03. The third-order valence-electron chi connectivity index (χ3n) is 3.41. The standard InChI is InChI=1S/C15H18BrN3O/c1-20-15-5-2-11(8-14(15)16)10-19-7-6-13(18-19)9-17-12-3-4-12/h2,5-8,12,17H,3-4,9-10H2,1H3. The average molecular weight is 336 g/mol. The van der Waals surface area contributed by atoms with Crippen LogP contribution in [0.15, 0.2) is 34.9 Å². The Bertz CT molecular complexity index is 593. The van der Waals surface area contributed by atoms with Gasteiger partial charge < -0.3 is 10.1 Å². The first-order valence-electron chi connectivity index (χ1n) is 6.83. The topological polar surface area (TPSA) is 39.1 Å². The largest absolute Gasteiger partial charge is 0.496 e. The minimum absolute atomic E-state index is 0.720. The summed E-state index contributed by atoms with van der Waals surface area (Å²) in [4.78, 5) is 0. The van der Waals surface area contributed by atoms with Gasteiger partial charge in [0.25, 0.3) is 0 Å². The van der Waals surface area contributed by atoms with Gasteiger partial charge in [0, 0.05) is 18.8 Å². The Morgan fingerprint density at radius 1 is 1.40 bits per heavy atom. The molecule has 0 atom stereocenters. The van der Waals surface area contributed by atoms with Crippen molar-refractivity contribution < 1.29 is 4.74 Å². The summed E-state index contributed by atoms with van der Waals surface area (Å²) in [6, 6.07) is 8.90. The third kappa shape index (κ3) is 3.41. The van der Waals surface area contributed by atoms with Crippen LogP contribution in [0, 0.1) is 0 Å². The van der Waals surface area contributed by atoms with Crippen LogP contribution < -0.4 is 10.1 Å². The van der Waals surface area contributed by atoms with E-state index < -0.39 is 0 Å². The molecule has 0 amide bonds. The summed E-state index contributed by atoms with van der Waals surface area (Å²) in [5.41, 5.74) is 2.30. The Hall–Kier alpha value is -1.33. The van der Waals surface area contributed by atoms with Crippen molar-refractivity contribution in [2.75, 3.05) is 7.11 Å². The van der Waals surface area contributed by atoms with Crippen LogP contribution in [-0.2, 0) is 13.1 Å². The van der Waals surface area contributed by atoms with E-state index in [0.717, 1.165) is 35.0 Å². The lowest BCUT2D eigenvalue weighted by Crippen LogP contribution is -2.16. The van der Waals surface area contributed by atoms with Crippen molar-refractivity contribution in [1.82, 2.24) is 15.1 Å². The van der Waals surface area contributed by atoms with Gasteiger partial charge in [0.1, 0.15) is 5.75 Å². The Labute approximate surface area is 127 Å². The van der Waals surface area contributed by atoms with Gasteiger partial charge in [-0.15, -0.1) is 0 Å². The highest BCUT2D eigenvalue weighted by molar-refractivity contribution is 9.10. The summed E-state index contributed by atoms with van der Waals surface area (Å²) in [6.45, 7) is 1.63. The summed E-state index contributed by atoms with van der Waals surface area (Å²) in [5.74, 6) is 0.850. The zero-order chi connectivity index (χ0) is 13.9. The van der Waals surface area contributed by atoms with Crippen molar-refractivity contribution in [1.29, 1.82) is 0 Å². The number of hydrogen-bond donors (Lipinski definition) is 1.